The Balaban J connectivity index is 0.000000352. The molecule has 0 aromatic heterocycles. The van der Waals surface area contributed by atoms with E-state index < -0.39 is 0 Å². The van der Waals surface area contributed by atoms with Crippen LogP contribution in [0.3, 0.4) is 0 Å². The molecule has 0 saturated heterocycles. The quantitative estimate of drug-likeness (QED) is 0.617. The summed E-state index contributed by atoms with van der Waals surface area (Å²) in [7, 11) is 3.40. The molecule has 26 heavy (non-hydrogen) atoms. The second-order valence-electron chi connectivity index (χ2n) is 7.88. The summed E-state index contributed by atoms with van der Waals surface area (Å²) in [4.78, 5) is 0. The first-order chi connectivity index (χ1) is 12.4. The Morgan fingerprint density at radius 3 is 1.96 bits per heavy atom. The molecule has 0 amide bonds. The van der Waals surface area contributed by atoms with Crippen LogP contribution in [-0.2, 0) is 6.42 Å². The maximum Gasteiger partial charge on any atom is 0.119 e. The van der Waals surface area contributed by atoms with Crippen LogP contribution in [0.1, 0.15) is 57.2 Å². The molecule has 140 valence electrons. The Morgan fingerprint density at radius 1 is 0.846 bits per heavy atom. The minimum Gasteiger partial charge on any atom is -0.497 e. The largest absolute Gasteiger partial charge is 0.497 e. The van der Waals surface area contributed by atoms with Gasteiger partial charge in [-0.25, -0.2) is 0 Å². The lowest BCUT2D eigenvalue weighted by Crippen LogP contribution is -2.00. The summed E-state index contributed by atoms with van der Waals surface area (Å²) in [6, 6.07) is 14.6. The zero-order valence-corrected chi connectivity index (χ0v) is 17.1. The third-order valence-electron chi connectivity index (χ3n) is 4.87. The summed E-state index contributed by atoms with van der Waals surface area (Å²) in [6.45, 7) is 8.94. The molecular weight excluding hydrogens is 320 g/mol. The van der Waals surface area contributed by atoms with Gasteiger partial charge in [0, 0.05) is 0 Å². The first kappa shape index (κ1) is 20.1. The number of benzene rings is 2. The Morgan fingerprint density at radius 2 is 1.42 bits per heavy atom. The van der Waals surface area contributed by atoms with Crippen LogP contribution in [0, 0.1) is 5.41 Å². The zero-order chi connectivity index (χ0) is 19.2. The Labute approximate surface area is 158 Å². The van der Waals surface area contributed by atoms with Gasteiger partial charge >= 0.3 is 0 Å². The lowest BCUT2D eigenvalue weighted by molar-refractivity contribution is 0.398. The highest BCUT2D eigenvalue weighted by Gasteiger charge is 2.12. The van der Waals surface area contributed by atoms with Crippen LogP contribution in [0.4, 0.5) is 0 Å². The third kappa shape index (κ3) is 5.66. The fraction of sp³-hybridized carbons (Fsp3) is 0.417. The van der Waals surface area contributed by atoms with Crippen LogP contribution in [0.15, 0.2) is 42.5 Å². The molecule has 2 heteroatoms. The van der Waals surface area contributed by atoms with Crippen LogP contribution < -0.4 is 9.47 Å². The third-order valence-corrected chi connectivity index (χ3v) is 4.87. The molecule has 0 saturated carbocycles. The summed E-state index contributed by atoms with van der Waals surface area (Å²) >= 11 is 0. The maximum absolute atomic E-state index is 5.28. The molecule has 3 rings (SSSR count). The Bertz CT molecular complexity index is 734. The molecule has 0 aliphatic heterocycles. The first-order valence-corrected chi connectivity index (χ1v) is 9.38. The minimum absolute atomic E-state index is 0.542. The van der Waals surface area contributed by atoms with Gasteiger partial charge in [-0.2, -0.15) is 0 Å². The van der Waals surface area contributed by atoms with Gasteiger partial charge < -0.3 is 9.47 Å². The number of hydrogen-bond donors (Lipinski definition) is 0. The molecule has 0 unspecified atom stereocenters. The van der Waals surface area contributed by atoms with E-state index in [-0.39, 0.29) is 0 Å². The molecular formula is C24H32O2. The number of aryl methyl sites for hydroxylation is 1. The smallest absolute Gasteiger partial charge is 0.119 e. The van der Waals surface area contributed by atoms with E-state index in [0.29, 0.717) is 5.41 Å². The SMILES string of the molecule is CCC(C)(C)C.COc1ccc(C2=Cc3ccc(OC)cc3CC2)cc1. The van der Waals surface area contributed by atoms with Gasteiger partial charge in [-0.15, -0.1) is 0 Å². The molecule has 0 atom stereocenters. The highest BCUT2D eigenvalue weighted by molar-refractivity contribution is 5.84. The average Bonchev–Trinajstić information content (AvgIpc) is 2.67. The van der Waals surface area contributed by atoms with E-state index in [1.54, 1.807) is 14.2 Å². The van der Waals surface area contributed by atoms with Crippen molar-refractivity contribution in [2.24, 2.45) is 5.41 Å². The predicted molar refractivity (Wildman–Crippen MR) is 112 cm³/mol. The van der Waals surface area contributed by atoms with E-state index in [1.165, 1.54) is 28.7 Å². The molecule has 0 N–H and O–H groups in total. The van der Waals surface area contributed by atoms with Gasteiger partial charge in [-0.3, -0.25) is 0 Å². The summed E-state index contributed by atoms with van der Waals surface area (Å²) in [5.74, 6) is 1.83. The van der Waals surface area contributed by atoms with Gasteiger partial charge in [0.25, 0.3) is 0 Å². The normalized spacial score (nSPS) is 13.1. The van der Waals surface area contributed by atoms with E-state index in [0.717, 1.165) is 24.3 Å². The van der Waals surface area contributed by atoms with Crippen LogP contribution in [0.25, 0.3) is 11.6 Å². The molecule has 0 spiro atoms. The van der Waals surface area contributed by atoms with E-state index >= 15 is 0 Å². The second kappa shape index (κ2) is 8.93. The number of rotatable bonds is 3. The van der Waals surface area contributed by atoms with Crippen LogP contribution >= 0.6 is 0 Å². The monoisotopic (exact) mass is 352 g/mol. The molecule has 1 aliphatic carbocycles. The van der Waals surface area contributed by atoms with E-state index in [1.807, 2.05) is 18.2 Å². The van der Waals surface area contributed by atoms with Crippen molar-refractivity contribution in [3.05, 3.63) is 59.2 Å². The highest BCUT2D eigenvalue weighted by atomic mass is 16.5. The maximum atomic E-state index is 5.28. The van der Waals surface area contributed by atoms with Crippen molar-refractivity contribution < 1.29 is 9.47 Å². The fourth-order valence-corrected chi connectivity index (χ4v) is 2.63. The van der Waals surface area contributed by atoms with Gasteiger partial charge in [0.1, 0.15) is 11.5 Å². The van der Waals surface area contributed by atoms with Crippen molar-refractivity contribution in [3.8, 4) is 11.5 Å². The molecule has 0 heterocycles. The fourth-order valence-electron chi connectivity index (χ4n) is 2.63. The van der Waals surface area contributed by atoms with Crippen LogP contribution in [0.2, 0.25) is 0 Å². The van der Waals surface area contributed by atoms with Gasteiger partial charge in [0.05, 0.1) is 14.2 Å². The van der Waals surface area contributed by atoms with Crippen molar-refractivity contribution in [2.75, 3.05) is 14.2 Å². The van der Waals surface area contributed by atoms with E-state index in [2.05, 4.69) is 58.0 Å². The molecule has 0 radical (unpaired) electrons. The first-order valence-electron chi connectivity index (χ1n) is 9.38. The molecule has 0 bridgehead atoms. The van der Waals surface area contributed by atoms with E-state index in [4.69, 9.17) is 9.47 Å². The molecule has 1 aliphatic rings. The molecule has 2 aromatic rings. The lowest BCUT2D eigenvalue weighted by atomic mass is 9.88. The van der Waals surface area contributed by atoms with Gasteiger partial charge in [-0.05, 0) is 64.8 Å². The summed E-state index contributed by atoms with van der Waals surface area (Å²) in [5, 5.41) is 0. The molecule has 2 nitrogen and oxygen atoms in total. The lowest BCUT2D eigenvalue weighted by Gasteiger charge is -2.17. The van der Waals surface area contributed by atoms with Crippen molar-refractivity contribution in [3.63, 3.8) is 0 Å². The van der Waals surface area contributed by atoms with Gasteiger partial charge in [0.15, 0.2) is 0 Å². The highest BCUT2D eigenvalue weighted by Crippen LogP contribution is 2.32. The number of methoxy groups -OCH3 is 2. The Kier molecular flexibility index (Phi) is 6.90. The van der Waals surface area contributed by atoms with Gasteiger partial charge in [-0.1, -0.05) is 58.4 Å². The number of ether oxygens (including phenoxy) is 2. The Hall–Kier alpha value is -2.22. The predicted octanol–water partition coefficient (Wildman–Crippen LogP) is 6.63. The zero-order valence-electron chi connectivity index (χ0n) is 17.1. The van der Waals surface area contributed by atoms with E-state index in [9.17, 15) is 0 Å². The van der Waals surface area contributed by atoms with Crippen LogP contribution in [0.5, 0.6) is 11.5 Å². The standard InChI is InChI=1S/C18H18O2.C6H14/c1-19-17-8-5-13(6-9-17)14-3-4-16-12-18(20-2)10-7-15(16)11-14;1-5-6(2,3)4/h5-12H,3-4H2,1-2H3;5H2,1-4H3. The van der Waals surface area contributed by atoms with Crippen molar-refractivity contribution in [2.45, 2.75) is 47.0 Å². The average molecular weight is 353 g/mol. The van der Waals surface area contributed by atoms with Crippen molar-refractivity contribution in [1.29, 1.82) is 0 Å². The minimum atomic E-state index is 0.542. The van der Waals surface area contributed by atoms with Crippen molar-refractivity contribution >= 4 is 11.6 Å². The number of fused-ring (bicyclic) bond motifs is 1. The van der Waals surface area contributed by atoms with Crippen molar-refractivity contribution in [1.82, 2.24) is 0 Å². The summed E-state index contributed by atoms with van der Waals surface area (Å²) in [5.41, 5.74) is 5.85. The summed E-state index contributed by atoms with van der Waals surface area (Å²) < 4.78 is 10.5. The van der Waals surface area contributed by atoms with Crippen LogP contribution in [-0.4, -0.2) is 14.2 Å². The number of hydrogen-bond acceptors (Lipinski definition) is 2. The molecule has 0 fully saturated rings. The summed E-state index contributed by atoms with van der Waals surface area (Å²) in [6.07, 6.45) is 5.67. The topological polar surface area (TPSA) is 18.5 Å². The van der Waals surface area contributed by atoms with Gasteiger partial charge in [0.2, 0.25) is 0 Å². The second-order valence-corrected chi connectivity index (χ2v) is 7.88. The molecule has 2 aromatic carbocycles. The number of allylic oxidation sites excluding steroid dienone is 1.